The van der Waals surface area contributed by atoms with E-state index in [1.807, 2.05) is 6.07 Å². The fourth-order valence-electron chi connectivity index (χ4n) is 2.11. The lowest BCUT2D eigenvalue weighted by molar-refractivity contribution is 0.185. The number of halogens is 2. The van der Waals surface area contributed by atoms with Crippen LogP contribution in [0.5, 0.6) is 0 Å². The van der Waals surface area contributed by atoms with Gasteiger partial charge in [0.2, 0.25) is 0 Å². The standard InChI is InChI=1S/C13H17BrFN/c1-10-4-6-16(7-5-10)9-11-2-3-12(15)8-13(11)14/h2-3,8,10H,4-7,9H2,1H3. The van der Waals surface area contributed by atoms with Crippen molar-refractivity contribution in [1.29, 1.82) is 0 Å². The molecule has 1 aromatic carbocycles. The SMILES string of the molecule is CC1CCN(Cc2ccc(F)cc2Br)CC1. The van der Waals surface area contributed by atoms with Crippen molar-refractivity contribution in [3.63, 3.8) is 0 Å². The van der Waals surface area contributed by atoms with Crippen LogP contribution in [-0.4, -0.2) is 18.0 Å². The largest absolute Gasteiger partial charge is 0.299 e. The smallest absolute Gasteiger partial charge is 0.124 e. The number of piperidine rings is 1. The molecule has 0 bridgehead atoms. The molecule has 1 fully saturated rings. The molecule has 0 aromatic heterocycles. The van der Waals surface area contributed by atoms with Crippen molar-refractivity contribution in [1.82, 2.24) is 4.90 Å². The van der Waals surface area contributed by atoms with E-state index in [1.54, 1.807) is 6.07 Å². The van der Waals surface area contributed by atoms with E-state index in [4.69, 9.17) is 0 Å². The predicted molar refractivity (Wildman–Crippen MR) is 67.8 cm³/mol. The molecule has 3 heteroatoms. The first kappa shape index (κ1) is 12.1. The summed E-state index contributed by atoms with van der Waals surface area (Å²) < 4.78 is 13.8. The molecule has 1 saturated heterocycles. The molecule has 1 aliphatic heterocycles. The zero-order chi connectivity index (χ0) is 11.5. The van der Waals surface area contributed by atoms with Crippen molar-refractivity contribution in [2.75, 3.05) is 13.1 Å². The van der Waals surface area contributed by atoms with Crippen LogP contribution in [0.1, 0.15) is 25.3 Å². The van der Waals surface area contributed by atoms with Crippen molar-refractivity contribution in [3.05, 3.63) is 34.1 Å². The van der Waals surface area contributed by atoms with Gasteiger partial charge in [0.1, 0.15) is 5.82 Å². The highest BCUT2D eigenvalue weighted by atomic mass is 79.9. The highest BCUT2D eigenvalue weighted by Crippen LogP contribution is 2.22. The summed E-state index contributed by atoms with van der Waals surface area (Å²) >= 11 is 3.42. The van der Waals surface area contributed by atoms with Crippen LogP contribution in [0.2, 0.25) is 0 Å². The summed E-state index contributed by atoms with van der Waals surface area (Å²) in [6.07, 6.45) is 2.55. The van der Waals surface area contributed by atoms with E-state index >= 15 is 0 Å². The topological polar surface area (TPSA) is 3.24 Å². The number of rotatable bonds is 2. The summed E-state index contributed by atoms with van der Waals surface area (Å²) in [4.78, 5) is 2.44. The Balaban J connectivity index is 1.98. The lowest BCUT2D eigenvalue weighted by atomic mass is 9.99. The maximum Gasteiger partial charge on any atom is 0.124 e. The van der Waals surface area contributed by atoms with Crippen LogP contribution in [0.4, 0.5) is 4.39 Å². The Bertz CT molecular complexity index is 359. The molecule has 0 amide bonds. The predicted octanol–water partition coefficient (Wildman–Crippen LogP) is 3.82. The van der Waals surface area contributed by atoms with Gasteiger partial charge < -0.3 is 0 Å². The van der Waals surface area contributed by atoms with Crippen molar-refractivity contribution in [2.24, 2.45) is 5.92 Å². The van der Waals surface area contributed by atoms with Crippen molar-refractivity contribution in [2.45, 2.75) is 26.3 Å². The number of nitrogens with zero attached hydrogens (tertiary/aromatic N) is 1. The summed E-state index contributed by atoms with van der Waals surface area (Å²) in [5.74, 6) is 0.677. The summed E-state index contributed by atoms with van der Waals surface area (Å²) in [6.45, 7) is 5.55. The van der Waals surface area contributed by atoms with Gasteiger partial charge in [-0.2, -0.15) is 0 Å². The Morgan fingerprint density at radius 3 is 2.69 bits per heavy atom. The zero-order valence-corrected chi connectivity index (χ0v) is 11.1. The lowest BCUT2D eigenvalue weighted by Crippen LogP contribution is -2.32. The van der Waals surface area contributed by atoms with Gasteiger partial charge >= 0.3 is 0 Å². The number of likely N-dealkylation sites (tertiary alicyclic amines) is 1. The van der Waals surface area contributed by atoms with E-state index in [-0.39, 0.29) is 5.82 Å². The van der Waals surface area contributed by atoms with Gasteiger partial charge in [-0.05, 0) is 49.5 Å². The van der Waals surface area contributed by atoms with Gasteiger partial charge in [-0.3, -0.25) is 4.90 Å². The van der Waals surface area contributed by atoms with Crippen LogP contribution in [-0.2, 0) is 6.54 Å². The van der Waals surface area contributed by atoms with Crippen LogP contribution in [0, 0.1) is 11.7 Å². The van der Waals surface area contributed by atoms with E-state index in [1.165, 1.54) is 24.5 Å². The van der Waals surface area contributed by atoms with Gasteiger partial charge in [0, 0.05) is 11.0 Å². The molecule has 16 heavy (non-hydrogen) atoms. The third kappa shape index (κ3) is 3.05. The fraction of sp³-hybridized carbons (Fsp3) is 0.538. The van der Waals surface area contributed by atoms with Crippen molar-refractivity contribution >= 4 is 15.9 Å². The maximum atomic E-state index is 12.9. The van der Waals surface area contributed by atoms with Crippen molar-refractivity contribution < 1.29 is 4.39 Å². The molecule has 0 N–H and O–H groups in total. The normalized spacial score (nSPS) is 18.9. The minimum absolute atomic E-state index is 0.178. The molecule has 1 heterocycles. The third-order valence-electron chi connectivity index (χ3n) is 3.29. The Hall–Kier alpha value is -0.410. The molecule has 0 radical (unpaired) electrons. The van der Waals surface area contributed by atoms with E-state index in [0.717, 1.165) is 30.0 Å². The number of hydrogen-bond donors (Lipinski definition) is 0. The van der Waals surface area contributed by atoms with Gasteiger partial charge in [0.15, 0.2) is 0 Å². The van der Waals surface area contributed by atoms with Crippen LogP contribution in [0.25, 0.3) is 0 Å². The number of benzene rings is 1. The third-order valence-corrected chi connectivity index (χ3v) is 4.02. The quantitative estimate of drug-likeness (QED) is 0.799. The fourth-order valence-corrected chi connectivity index (χ4v) is 2.59. The Morgan fingerprint density at radius 1 is 1.38 bits per heavy atom. The van der Waals surface area contributed by atoms with Gasteiger partial charge in [0.05, 0.1) is 0 Å². The van der Waals surface area contributed by atoms with Crippen LogP contribution >= 0.6 is 15.9 Å². The first-order valence-corrected chi connectivity index (χ1v) is 6.61. The van der Waals surface area contributed by atoms with Gasteiger partial charge in [0.25, 0.3) is 0 Å². The highest BCUT2D eigenvalue weighted by Gasteiger charge is 2.16. The monoisotopic (exact) mass is 285 g/mol. The summed E-state index contributed by atoms with van der Waals surface area (Å²) in [7, 11) is 0. The van der Waals surface area contributed by atoms with Crippen molar-refractivity contribution in [3.8, 4) is 0 Å². The average molecular weight is 286 g/mol. The molecular weight excluding hydrogens is 269 g/mol. The second-order valence-corrected chi connectivity index (χ2v) is 5.55. The molecule has 0 aliphatic carbocycles. The first-order valence-electron chi connectivity index (χ1n) is 5.81. The maximum absolute atomic E-state index is 12.9. The molecule has 1 aromatic rings. The number of hydrogen-bond acceptors (Lipinski definition) is 1. The summed E-state index contributed by atoms with van der Waals surface area (Å²) in [5.41, 5.74) is 1.18. The van der Waals surface area contributed by atoms with Gasteiger partial charge in [-0.1, -0.05) is 28.9 Å². The zero-order valence-electron chi connectivity index (χ0n) is 9.55. The molecule has 2 rings (SSSR count). The summed E-state index contributed by atoms with van der Waals surface area (Å²) in [6, 6.07) is 4.95. The van der Waals surface area contributed by atoms with Gasteiger partial charge in [-0.25, -0.2) is 4.39 Å². The lowest BCUT2D eigenvalue weighted by Gasteiger charge is -2.30. The van der Waals surface area contributed by atoms with E-state index in [2.05, 4.69) is 27.8 Å². The molecule has 0 saturated carbocycles. The molecule has 1 aliphatic rings. The first-order chi connectivity index (χ1) is 7.65. The Morgan fingerprint density at radius 2 is 2.06 bits per heavy atom. The summed E-state index contributed by atoms with van der Waals surface area (Å²) in [5, 5.41) is 0. The van der Waals surface area contributed by atoms with Crippen LogP contribution in [0.3, 0.4) is 0 Å². The molecule has 88 valence electrons. The highest BCUT2D eigenvalue weighted by molar-refractivity contribution is 9.10. The molecule has 0 spiro atoms. The molecule has 1 nitrogen and oxygen atoms in total. The second kappa shape index (κ2) is 5.28. The van der Waals surface area contributed by atoms with Crippen LogP contribution < -0.4 is 0 Å². The van der Waals surface area contributed by atoms with E-state index in [0.29, 0.717) is 0 Å². The van der Waals surface area contributed by atoms with E-state index in [9.17, 15) is 4.39 Å². The Labute approximate surface area is 105 Å². The molecule has 0 atom stereocenters. The van der Waals surface area contributed by atoms with E-state index < -0.39 is 0 Å². The molecular formula is C13H17BrFN. The molecule has 0 unspecified atom stereocenters. The second-order valence-electron chi connectivity index (χ2n) is 4.69. The average Bonchev–Trinajstić information content (AvgIpc) is 2.25. The Kier molecular flexibility index (Phi) is 3.98. The minimum Gasteiger partial charge on any atom is -0.299 e. The van der Waals surface area contributed by atoms with Gasteiger partial charge in [-0.15, -0.1) is 0 Å². The van der Waals surface area contributed by atoms with Crippen LogP contribution in [0.15, 0.2) is 22.7 Å². The minimum atomic E-state index is -0.178.